The number of hydrogen-bond donors (Lipinski definition) is 1. The van der Waals surface area contributed by atoms with E-state index in [1.807, 2.05) is 24.3 Å². The van der Waals surface area contributed by atoms with Crippen molar-refractivity contribution in [3.8, 4) is 11.5 Å². The predicted octanol–water partition coefficient (Wildman–Crippen LogP) is 4.09. The first-order valence-electron chi connectivity index (χ1n) is 7.02. The Labute approximate surface area is 145 Å². The summed E-state index contributed by atoms with van der Waals surface area (Å²) in [6.07, 6.45) is -0.665. The maximum absolute atomic E-state index is 12.1. The van der Waals surface area contributed by atoms with Crippen molar-refractivity contribution in [1.29, 1.82) is 0 Å². The minimum absolute atomic E-state index is 0.234. The molecule has 6 heteroatoms. The first kappa shape index (κ1) is 17.4. The van der Waals surface area contributed by atoms with E-state index in [1.54, 1.807) is 32.2 Å². The summed E-state index contributed by atoms with van der Waals surface area (Å²) < 4.78 is 10.8. The fourth-order valence-electron chi connectivity index (χ4n) is 1.98. The van der Waals surface area contributed by atoms with Gasteiger partial charge in [-0.15, -0.1) is 0 Å². The van der Waals surface area contributed by atoms with Crippen molar-refractivity contribution in [1.82, 2.24) is 5.32 Å². The highest BCUT2D eigenvalue weighted by Gasteiger charge is 2.15. The van der Waals surface area contributed by atoms with Crippen LogP contribution in [0.5, 0.6) is 11.5 Å². The molecule has 0 saturated heterocycles. The first-order chi connectivity index (χ1) is 11.0. The molecule has 2 aromatic carbocycles. The average Bonchev–Trinajstić information content (AvgIpc) is 2.56. The highest BCUT2D eigenvalue weighted by Crippen LogP contribution is 2.26. The summed E-state index contributed by atoms with van der Waals surface area (Å²) in [6.45, 7) is 2.03. The topological polar surface area (TPSA) is 47.6 Å². The van der Waals surface area contributed by atoms with Gasteiger partial charge < -0.3 is 14.8 Å². The fraction of sp³-hybridized carbons (Fsp3) is 0.235. The van der Waals surface area contributed by atoms with Crippen molar-refractivity contribution in [2.24, 2.45) is 0 Å². The number of benzene rings is 2. The maximum Gasteiger partial charge on any atom is 0.261 e. The van der Waals surface area contributed by atoms with Crippen LogP contribution in [0.2, 0.25) is 10.0 Å². The number of rotatable bonds is 6. The molecule has 0 bridgehead atoms. The van der Waals surface area contributed by atoms with E-state index < -0.39 is 6.10 Å². The van der Waals surface area contributed by atoms with Gasteiger partial charge in [0.25, 0.3) is 5.91 Å². The summed E-state index contributed by atoms with van der Waals surface area (Å²) in [5.41, 5.74) is 0.894. The lowest BCUT2D eigenvalue weighted by atomic mass is 10.2. The normalized spacial score (nSPS) is 11.7. The van der Waals surface area contributed by atoms with Crippen LogP contribution in [0.15, 0.2) is 42.5 Å². The molecule has 0 spiro atoms. The number of carbonyl (C=O) groups is 1. The van der Waals surface area contributed by atoms with Gasteiger partial charge in [0.1, 0.15) is 11.5 Å². The molecule has 2 aromatic rings. The minimum atomic E-state index is -0.665. The van der Waals surface area contributed by atoms with Crippen molar-refractivity contribution in [2.45, 2.75) is 19.6 Å². The Morgan fingerprint density at radius 2 is 1.91 bits per heavy atom. The number of halogens is 2. The van der Waals surface area contributed by atoms with Crippen molar-refractivity contribution in [3.05, 3.63) is 58.1 Å². The summed E-state index contributed by atoms with van der Waals surface area (Å²) in [7, 11) is 1.59. The average molecular weight is 354 g/mol. The van der Waals surface area contributed by atoms with E-state index in [4.69, 9.17) is 32.7 Å². The third-order valence-electron chi connectivity index (χ3n) is 3.22. The zero-order valence-electron chi connectivity index (χ0n) is 12.8. The van der Waals surface area contributed by atoms with Crippen molar-refractivity contribution >= 4 is 29.1 Å². The Morgan fingerprint density at radius 1 is 1.17 bits per heavy atom. The van der Waals surface area contributed by atoms with Gasteiger partial charge in [-0.2, -0.15) is 0 Å². The van der Waals surface area contributed by atoms with Gasteiger partial charge in [-0.1, -0.05) is 41.4 Å². The standard InChI is InChI=1S/C17H17Cl2NO3/c1-11(23-13-7-8-14(18)15(19)9-13)17(21)20-10-12-5-3-4-6-16(12)22-2/h3-9,11H,10H2,1-2H3,(H,20,21)/t11-/m1/s1. The number of para-hydroxylation sites is 1. The lowest BCUT2D eigenvalue weighted by molar-refractivity contribution is -0.127. The van der Waals surface area contributed by atoms with Crippen molar-refractivity contribution in [3.63, 3.8) is 0 Å². The van der Waals surface area contributed by atoms with Gasteiger partial charge in [0.2, 0.25) is 0 Å². The molecule has 1 amide bonds. The van der Waals surface area contributed by atoms with E-state index in [-0.39, 0.29) is 5.91 Å². The van der Waals surface area contributed by atoms with Crippen molar-refractivity contribution < 1.29 is 14.3 Å². The maximum atomic E-state index is 12.1. The second-order valence-electron chi connectivity index (χ2n) is 4.87. The largest absolute Gasteiger partial charge is 0.496 e. The Hall–Kier alpha value is -1.91. The molecule has 0 saturated carbocycles. The lowest BCUT2D eigenvalue weighted by Gasteiger charge is -2.16. The zero-order valence-corrected chi connectivity index (χ0v) is 14.3. The summed E-state index contributed by atoms with van der Waals surface area (Å²) >= 11 is 11.8. The molecule has 0 aliphatic carbocycles. The van der Waals surface area contributed by atoms with Crippen LogP contribution in [0, 0.1) is 0 Å². The second kappa shape index (κ2) is 8.09. The van der Waals surface area contributed by atoms with Gasteiger partial charge >= 0.3 is 0 Å². The molecule has 0 fully saturated rings. The quantitative estimate of drug-likeness (QED) is 0.850. The number of hydrogen-bond acceptors (Lipinski definition) is 3. The van der Waals surface area contributed by atoms with Gasteiger partial charge in [0, 0.05) is 18.2 Å². The molecule has 1 atom stereocenters. The SMILES string of the molecule is COc1ccccc1CNC(=O)[C@@H](C)Oc1ccc(Cl)c(Cl)c1. The van der Waals surface area contributed by atoms with Crippen LogP contribution >= 0.6 is 23.2 Å². The molecule has 0 aromatic heterocycles. The second-order valence-corrected chi connectivity index (χ2v) is 5.68. The van der Waals surface area contributed by atoms with Crippen LogP contribution in [-0.2, 0) is 11.3 Å². The number of nitrogens with one attached hydrogen (secondary N) is 1. The zero-order chi connectivity index (χ0) is 16.8. The van der Waals surface area contributed by atoms with Crippen LogP contribution in [0.4, 0.5) is 0 Å². The van der Waals surface area contributed by atoms with E-state index in [1.165, 1.54) is 0 Å². The van der Waals surface area contributed by atoms with E-state index >= 15 is 0 Å². The molecule has 1 N–H and O–H groups in total. The van der Waals surface area contributed by atoms with Crippen LogP contribution in [-0.4, -0.2) is 19.1 Å². The van der Waals surface area contributed by atoms with Crippen LogP contribution < -0.4 is 14.8 Å². The van der Waals surface area contributed by atoms with Crippen LogP contribution in [0.3, 0.4) is 0 Å². The highest BCUT2D eigenvalue weighted by atomic mass is 35.5. The molecule has 2 rings (SSSR count). The number of carbonyl (C=O) groups excluding carboxylic acids is 1. The Kier molecular flexibility index (Phi) is 6.13. The fourth-order valence-corrected chi connectivity index (χ4v) is 2.27. The van der Waals surface area contributed by atoms with Gasteiger partial charge in [-0.05, 0) is 25.1 Å². The summed E-state index contributed by atoms with van der Waals surface area (Å²) in [4.78, 5) is 12.1. The van der Waals surface area contributed by atoms with E-state index in [0.29, 0.717) is 22.3 Å². The minimum Gasteiger partial charge on any atom is -0.496 e. The molecule has 0 radical (unpaired) electrons. The van der Waals surface area contributed by atoms with Gasteiger partial charge in [-0.25, -0.2) is 0 Å². The predicted molar refractivity (Wildman–Crippen MR) is 91.4 cm³/mol. The van der Waals surface area contributed by atoms with E-state index in [0.717, 1.165) is 11.3 Å². The Bertz CT molecular complexity index is 691. The molecule has 0 aliphatic heterocycles. The molecular formula is C17H17Cl2NO3. The van der Waals surface area contributed by atoms with Crippen molar-refractivity contribution in [2.75, 3.05) is 7.11 Å². The molecule has 23 heavy (non-hydrogen) atoms. The Morgan fingerprint density at radius 3 is 2.61 bits per heavy atom. The van der Waals surface area contributed by atoms with Crippen LogP contribution in [0.25, 0.3) is 0 Å². The Balaban J connectivity index is 1.93. The smallest absolute Gasteiger partial charge is 0.261 e. The van der Waals surface area contributed by atoms with Gasteiger partial charge in [-0.3, -0.25) is 4.79 Å². The third kappa shape index (κ3) is 4.78. The summed E-state index contributed by atoms with van der Waals surface area (Å²) in [5.74, 6) is 0.979. The summed E-state index contributed by atoms with van der Waals surface area (Å²) in [6, 6.07) is 12.4. The first-order valence-corrected chi connectivity index (χ1v) is 7.78. The number of amides is 1. The molecule has 4 nitrogen and oxygen atoms in total. The molecule has 122 valence electrons. The lowest BCUT2D eigenvalue weighted by Crippen LogP contribution is -2.35. The summed E-state index contributed by atoms with van der Waals surface area (Å²) in [5, 5.41) is 3.63. The van der Waals surface area contributed by atoms with E-state index in [9.17, 15) is 4.79 Å². The number of ether oxygens (including phenoxy) is 2. The number of methoxy groups -OCH3 is 1. The molecular weight excluding hydrogens is 337 g/mol. The highest BCUT2D eigenvalue weighted by molar-refractivity contribution is 6.42. The molecule has 0 unspecified atom stereocenters. The monoisotopic (exact) mass is 353 g/mol. The van der Waals surface area contributed by atoms with Crippen LogP contribution in [0.1, 0.15) is 12.5 Å². The molecule has 0 aliphatic rings. The van der Waals surface area contributed by atoms with Gasteiger partial charge in [0.05, 0.1) is 17.2 Å². The third-order valence-corrected chi connectivity index (χ3v) is 3.96. The van der Waals surface area contributed by atoms with E-state index in [2.05, 4.69) is 5.32 Å². The molecule has 0 heterocycles. The van der Waals surface area contributed by atoms with Gasteiger partial charge in [0.15, 0.2) is 6.10 Å².